The average molecular weight is 549 g/mol. The van der Waals surface area contributed by atoms with Crippen LogP contribution >= 0.6 is 24.0 Å². The van der Waals surface area contributed by atoms with Gasteiger partial charge in [-0.05, 0) is 36.2 Å². The number of hydrogen-bond donors (Lipinski definition) is 3. The standard InChI is InChI=1S/C24H31N5O2.HI/c1-4-17(2)23(31)27-19-10-8-9-18(13-19)15-26-24(25-3)28-20-14-22(30)29(16-20)21-11-6-5-7-12-21;/h5-13,17,20H,4,14-16H2,1-3H3,(H,27,31)(H2,25,26,28);1H. The summed E-state index contributed by atoms with van der Waals surface area (Å²) in [6, 6.07) is 17.4. The third-order valence-electron chi connectivity index (χ3n) is 5.47. The first kappa shape index (κ1) is 25.6. The van der Waals surface area contributed by atoms with Crippen LogP contribution in [-0.2, 0) is 16.1 Å². The topological polar surface area (TPSA) is 85.8 Å². The molecule has 7 nitrogen and oxygen atoms in total. The molecule has 0 radical (unpaired) electrons. The molecule has 1 saturated heterocycles. The number of benzene rings is 2. The van der Waals surface area contributed by atoms with Crippen molar-refractivity contribution in [2.75, 3.05) is 23.8 Å². The van der Waals surface area contributed by atoms with Gasteiger partial charge in [0.15, 0.2) is 5.96 Å². The molecule has 0 aromatic heterocycles. The maximum absolute atomic E-state index is 12.4. The Labute approximate surface area is 207 Å². The molecule has 2 atom stereocenters. The predicted molar refractivity (Wildman–Crippen MR) is 140 cm³/mol. The fourth-order valence-electron chi connectivity index (χ4n) is 3.45. The van der Waals surface area contributed by atoms with Gasteiger partial charge >= 0.3 is 0 Å². The fourth-order valence-corrected chi connectivity index (χ4v) is 3.45. The largest absolute Gasteiger partial charge is 0.352 e. The first-order valence-electron chi connectivity index (χ1n) is 10.7. The Balaban J connectivity index is 0.00000363. The lowest BCUT2D eigenvalue weighted by Crippen LogP contribution is -2.44. The van der Waals surface area contributed by atoms with Gasteiger partial charge in [-0.3, -0.25) is 14.6 Å². The minimum Gasteiger partial charge on any atom is -0.352 e. The van der Waals surface area contributed by atoms with Crippen molar-refractivity contribution in [3.63, 3.8) is 0 Å². The van der Waals surface area contributed by atoms with Crippen LogP contribution in [0.1, 0.15) is 32.3 Å². The third-order valence-corrected chi connectivity index (χ3v) is 5.47. The highest BCUT2D eigenvalue weighted by Gasteiger charge is 2.31. The molecular formula is C24H32IN5O2. The molecule has 3 N–H and O–H groups in total. The maximum Gasteiger partial charge on any atom is 0.229 e. The summed E-state index contributed by atoms with van der Waals surface area (Å²) in [4.78, 5) is 30.6. The van der Waals surface area contributed by atoms with Gasteiger partial charge in [0, 0.05) is 43.9 Å². The van der Waals surface area contributed by atoms with Crippen LogP contribution in [0.4, 0.5) is 11.4 Å². The van der Waals surface area contributed by atoms with Gasteiger partial charge in [0.1, 0.15) is 0 Å². The molecule has 32 heavy (non-hydrogen) atoms. The second kappa shape index (κ2) is 12.4. The van der Waals surface area contributed by atoms with Crippen molar-refractivity contribution < 1.29 is 9.59 Å². The fraction of sp³-hybridized carbons (Fsp3) is 0.375. The lowest BCUT2D eigenvalue weighted by atomic mass is 10.1. The normalized spacial score (nSPS) is 16.8. The highest BCUT2D eigenvalue weighted by Crippen LogP contribution is 2.21. The van der Waals surface area contributed by atoms with Gasteiger partial charge in [0.25, 0.3) is 0 Å². The summed E-state index contributed by atoms with van der Waals surface area (Å²) in [5.74, 6) is 0.749. The molecule has 1 fully saturated rings. The first-order valence-corrected chi connectivity index (χ1v) is 10.7. The van der Waals surface area contributed by atoms with Crippen LogP contribution in [0.2, 0.25) is 0 Å². The van der Waals surface area contributed by atoms with Gasteiger partial charge in [-0.25, -0.2) is 0 Å². The number of nitrogens with one attached hydrogen (secondary N) is 3. The van der Waals surface area contributed by atoms with Crippen molar-refractivity contribution in [2.24, 2.45) is 10.9 Å². The third kappa shape index (κ3) is 6.94. The Kier molecular flexibility index (Phi) is 9.96. The van der Waals surface area contributed by atoms with Gasteiger partial charge in [0.2, 0.25) is 11.8 Å². The molecule has 1 heterocycles. The molecule has 2 aromatic carbocycles. The Hall–Kier alpha value is -2.62. The van der Waals surface area contributed by atoms with Crippen molar-refractivity contribution in [1.82, 2.24) is 10.6 Å². The summed E-state index contributed by atoms with van der Waals surface area (Å²) < 4.78 is 0. The second-order valence-electron chi connectivity index (χ2n) is 7.81. The maximum atomic E-state index is 12.4. The Morgan fingerprint density at radius 2 is 1.94 bits per heavy atom. The zero-order chi connectivity index (χ0) is 22.2. The molecule has 172 valence electrons. The molecule has 3 rings (SSSR count). The van der Waals surface area contributed by atoms with Crippen LogP contribution < -0.4 is 20.9 Å². The Bertz CT molecular complexity index is 935. The number of amides is 2. The number of aliphatic imine (C=N–C) groups is 1. The Morgan fingerprint density at radius 3 is 2.62 bits per heavy atom. The Morgan fingerprint density at radius 1 is 1.19 bits per heavy atom. The monoisotopic (exact) mass is 549 g/mol. The molecule has 0 aliphatic carbocycles. The number of hydrogen-bond acceptors (Lipinski definition) is 3. The first-order chi connectivity index (χ1) is 15.0. The van der Waals surface area contributed by atoms with Gasteiger partial charge in [-0.15, -0.1) is 24.0 Å². The summed E-state index contributed by atoms with van der Waals surface area (Å²) >= 11 is 0. The van der Waals surface area contributed by atoms with E-state index in [2.05, 4.69) is 20.9 Å². The number of carbonyl (C=O) groups excluding carboxylic acids is 2. The molecular weight excluding hydrogens is 517 g/mol. The van der Waals surface area contributed by atoms with E-state index in [1.165, 1.54) is 0 Å². The summed E-state index contributed by atoms with van der Waals surface area (Å²) in [5, 5.41) is 9.60. The van der Waals surface area contributed by atoms with E-state index >= 15 is 0 Å². The number of carbonyl (C=O) groups is 2. The predicted octanol–water partition coefficient (Wildman–Crippen LogP) is 3.76. The van der Waals surface area contributed by atoms with E-state index in [4.69, 9.17) is 0 Å². The molecule has 2 amide bonds. The minimum atomic E-state index is -0.0191. The van der Waals surface area contributed by atoms with E-state index in [-0.39, 0.29) is 47.8 Å². The number of halogens is 1. The van der Waals surface area contributed by atoms with Gasteiger partial charge in [-0.1, -0.05) is 44.2 Å². The van der Waals surface area contributed by atoms with Crippen molar-refractivity contribution in [2.45, 2.75) is 39.3 Å². The lowest BCUT2D eigenvalue weighted by molar-refractivity contribution is -0.119. The molecule has 2 aromatic rings. The molecule has 1 aliphatic rings. The van der Waals surface area contributed by atoms with E-state index in [0.717, 1.165) is 23.4 Å². The van der Waals surface area contributed by atoms with Crippen LogP contribution in [0.3, 0.4) is 0 Å². The molecule has 0 bridgehead atoms. The van der Waals surface area contributed by atoms with Crippen LogP contribution in [0, 0.1) is 5.92 Å². The van der Waals surface area contributed by atoms with E-state index in [1.54, 1.807) is 11.9 Å². The van der Waals surface area contributed by atoms with Crippen LogP contribution in [-0.4, -0.2) is 37.4 Å². The van der Waals surface area contributed by atoms with E-state index in [0.29, 0.717) is 25.5 Å². The van der Waals surface area contributed by atoms with Crippen molar-refractivity contribution in [1.29, 1.82) is 0 Å². The zero-order valence-electron chi connectivity index (χ0n) is 18.8. The molecule has 0 saturated carbocycles. The zero-order valence-corrected chi connectivity index (χ0v) is 21.1. The lowest BCUT2D eigenvalue weighted by Gasteiger charge is -2.19. The molecule has 1 aliphatic heterocycles. The number of anilines is 2. The minimum absolute atomic E-state index is 0. The van der Waals surface area contributed by atoms with Crippen LogP contribution in [0.15, 0.2) is 59.6 Å². The smallest absolute Gasteiger partial charge is 0.229 e. The summed E-state index contributed by atoms with van der Waals surface area (Å²) in [6.45, 7) is 5.07. The summed E-state index contributed by atoms with van der Waals surface area (Å²) in [5.41, 5.74) is 2.72. The number of para-hydroxylation sites is 1. The molecule has 0 spiro atoms. The van der Waals surface area contributed by atoms with Crippen LogP contribution in [0.5, 0.6) is 0 Å². The van der Waals surface area contributed by atoms with Crippen molar-refractivity contribution >= 4 is 53.1 Å². The highest BCUT2D eigenvalue weighted by atomic mass is 127. The van der Waals surface area contributed by atoms with Crippen molar-refractivity contribution in [3.8, 4) is 0 Å². The van der Waals surface area contributed by atoms with Gasteiger partial charge in [-0.2, -0.15) is 0 Å². The SMILES string of the molecule is CCC(C)C(=O)Nc1cccc(CNC(=NC)NC2CC(=O)N(c3ccccc3)C2)c1.I. The molecule has 8 heteroatoms. The highest BCUT2D eigenvalue weighted by molar-refractivity contribution is 14.0. The quantitative estimate of drug-likeness (QED) is 0.279. The van der Waals surface area contributed by atoms with Crippen LogP contribution in [0.25, 0.3) is 0 Å². The number of rotatable bonds is 7. The number of guanidine groups is 1. The molecule has 2 unspecified atom stereocenters. The van der Waals surface area contributed by atoms with E-state index in [1.807, 2.05) is 68.4 Å². The van der Waals surface area contributed by atoms with Gasteiger partial charge < -0.3 is 20.9 Å². The average Bonchev–Trinajstić information content (AvgIpc) is 3.16. The van der Waals surface area contributed by atoms with Gasteiger partial charge in [0.05, 0.1) is 6.04 Å². The van der Waals surface area contributed by atoms with Crippen molar-refractivity contribution in [3.05, 3.63) is 60.2 Å². The summed E-state index contributed by atoms with van der Waals surface area (Å²) in [6.07, 6.45) is 1.23. The van der Waals surface area contributed by atoms with E-state index < -0.39 is 0 Å². The number of nitrogens with zero attached hydrogens (tertiary/aromatic N) is 2. The summed E-state index contributed by atoms with van der Waals surface area (Å²) in [7, 11) is 1.71. The second-order valence-corrected chi connectivity index (χ2v) is 7.81. The van der Waals surface area contributed by atoms with E-state index in [9.17, 15) is 9.59 Å².